The lowest BCUT2D eigenvalue weighted by Crippen LogP contribution is -2.55. The number of likely N-dealkylation sites (N-methyl/N-ethyl adjacent to an activating group) is 4. The summed E-state index contributed by atoms with van der Waals surface area (Å²) in [5.41, 5.74) is -0.524. The summed E-state index contributed by atoms with van der Waals surface area (Å²) in [6.45, 7) is 12.1. The van der Waals surface area contributed by atoms with Crippen molar-refractivity contribution in [3.8, 4) is 0 Å². The summed E-state index contributed by atoms with van der Waals surface area (Å²) in [5.74, 6) is -0.309. The van der Waals surface area contributed by atoms with Gasteiger partial charge in [-0.2, -0.15) is 0 Å². The summed E-state index contributed by atoms with van der Waals surface area (Å²) in [7, 11) is 10.6. The number of hydrogen-bond acceptors (Lipinski definition) is 11. The smallest absolute Gasteiger partial charge is 0.321 e. The average molecular weight is 782 g/mol. The van der Waals surface area contributed by atoms with E-state index < -0.39 is 17.7 Å². The molecule has 1 aromatic rings. The number of amides is 1. The van der Waals surface area contributed by atoms with E-state index in [1.54, 1.807) is 33.2 Å². The second kappa shape index (κ2) is 28.3. The minimum atomic E-state index is -1.56. The maximum Gasteiger partial charge on any atom is 0.321 e. The third-order valence-electron chi connectivity index (χ3n) is 10.5. The Kier molecular flexibility index (Phi) is 26.7. The molecule has 2 saturated heterocycles. The van der Waals surface area contributed by atoms with Crippen molar-refractivity contribution in [2.45, 2.75) is 115 Å². The van der Waals surface area contributed by atoms with Crippen molar-refractivity contribution >= 4 is 30.7 Å². The minimum Gasteiger partial charge on any atom is -0.480 e. The van der Waals surface area contributed by atoms with E-state index in [2.05, 4.69) is 41.7 Å². The zero-order valence-electron chi connectivity index (χ0n) is 35.3. The zero-order valence-corrected chi connectivity index (χ0v) is 35.3. The Morgan fingerprint density at radius 3 is 2.09 bits per heavy atom. The van der Waals surface area contributed by atoms with Crippen LogP contribution in [-0.4, -0.2) is 150 Å². The summed E-state index contributed by atoms with van der Waals surface area (Å²) in [6.07, 6.45) is 6.46. The number of nitrogens with zero attached hydrogens (tertiary/aromatic N) is 2. The quantitative estimate of drug-likeness (QED) is 0.151. The van der Waals surface area contributed by atoms with Crippen LogP contribution in [-0.2, 0) is 39.9 Å². The molecule has 0 aromatic heterocycles. The Balaban J connectivity index is 0.000000744. The number of aldehydes is 3. The number of hydrogen-bond donors (Lipinski definition) is 4. The fraction of sp³-hybridized carbons (Fsp3) is 0.732. The summed E-state index contributed by atoms with van der Waals surface area (Å²) < 4.78 is 23.5. The van der Waals surface area contributed by atoms with Crippen LogP contribution >= 0.6 is 0 Å². The van der Waals surface area contributed by atoms with Gasteiger partial charge < -0.3 is 49.9 Å². The summed E-state index contributed by atoms with van der Waals surface area (Å²) in [4.78, 5) is 58.9. The first-order valence-electron chi connectivity index (χ1n) is 19.4. The predicted octanol–water partition coefficient (Wildman–Crippen LogP) is 3.43. The van der Waals surface area contributed by atoms with Crippen molar-refractivity contribution in [2.75, 3.05) is 62.0 Å². The SMILES string of the molecule is CCC(C)C(C(CC=O)OC)N(C)C(=O)C(NC)C(C)C.CNC(Cc1ccccc1)C(=O)O.COC(C(C)C=O)C1CCCN1C.O=CC1(F)CCNC1. The van der Waals surface area contributed by atoms with E-state index in [1.165, 1.54) is 6.42 Å². The topological polar surface area (TPSA) is 167 Å². The zero-order chi connectivity index (χ0) is 42.1. The molecule has 0 bridgehead atoms. The van der Waals surface area contributed by atoms with Crippen molar-refractivity contribution in [1.82, 2.24) is 25.8 Å². The lowest BCUT2D eigenvalue weighted by atomic mass is 9.90. The van der Waals surface area contributed by atoms with Gasteiger partial charge in [-0.15, -0.1) is 0 Å². The van der Waals surface area contributed by atoms with Gasteiger partial charge in [0.2, 0.25) is 5.91 Å². The highest BCUT2D eigenvalue weighted by molar-refractivity contribution is 5.82. The van der Waals surface area contributed by atoms with Crippen LogP contribution in [0.1, 0.15) is 72.3 Å². The number of carboxylic acids is 1. The van der Waals surface area contributed by atoms with Gasteiger partial charge in [0.15, 0.2) is 12.0 Å². The fourth-order valence-electron chi connectivity index (χ4n) is 6.91. The van der Waals surface area contributed by atoms with E-state index in [4.69, 9.17) is 14.6 Å². The number of aliphatic carboxylic acids is 1. The number of nitrogens with one attached hydrogen (secondary N) is 3. The number of ether oxygens (including phenoxy) is 2. The first-order chi connectivity index (χ1) is 26.1. The summed E-state index contributed by atoms with van der Waals surface area (Å²) >= 11 is 0. The lowest BCUT2D eigenvalue weighted by molar-refractivity contribution is -0.141. The molecule has 1 amide bonds. The first-order valence-corrected chi connectivity index (χ1v) is 19.4. The number of methoxy groups -OCH3 is 2. The van der Waals surface area contributed by atoms with E-state index in [0.29, 0.717) is 38.1 Å². The number of carbonyl (C=O) groups excluding carboxylic acids is 4. The molecule has 2 heterocycles. The maximum absolute atomic E-state index is 12.7. The normalized spacial score (nSPS) is 21.7. The minimum absolute atomic E-state index is 0.00412. The van der Waals surface area contributed by atoms with Crippen LogP contribution in [0.2, 0.25) is 0 Å². The van der Waals surface area contributed by atoms with Crippen LogP contribution < -0.4 is 16.0 Å². The Labute approximate surface area is 329 Å². The molecule has 9 atom stereocenters. The van der Waals surface area contributed by atoms with Gasteiger partial charge in [-0.05, 0) is 70.9 Å². The number of benzene rings is 1. The molecular weight excluding hydrogens is 709 g/mol. The Morgan fingerprint density at radius 1 is 1.09 bits per heavy atom. The van der Waals surface area contributed by atoms with Crippen LogP contribution in [0.25, 0.3) is 0 Å². The lowest BCUT2D eigenvalue weighted by Gasteiger charge is -2.39. The molecule has 1 aromatic carbocycles. The van der Waals surface area contributed by atoms with Gasteiger partial charge in [-0.1, -0.05) is 71.4 Å². The fourth-order valence-corrected chi connectivity index (χ4v) is 6.91. The number of alkyl halides is 1. The van der Waals surface area contributed by atoms with Gasteiger partial charge in [-0.25, -0.2) is 4.39 Å². The van der Waals surface area contributed by atoms with Gasteiger partial charge in [0, 0.05) is 52.6 Å². The molecule has 9 unspecified atom stereocenters. The van der Waals surface area contributed by atoms with E-state index in [9.17, 15) is 28.4 Å². The molecule has 0 spiro atoms. The third kappa shape index (κ3) is 18.1. The van der Waals surface area contributed by atoms with Gasteiger partial charge in [0.05, 0.1) is 24.3 Å². The number of likely N-dealkylation sites (tertiary alicyclic amines) is 1. The molecular formula is C41H72FN5O8. The van der Waals surface area contributed by atoms with Crippen molar-refractivity contribution < 1.29 is 42.9 Å². The molecule has 0 radical (unpaired) electrons. The van der Waals surface area contributed by atoms with Gasteiger partial charge in [-0.3, -0.25) is 14.4 Å². The predicted molar refractivity (Wildman–Crippen MR) is 215 cm³/mol. The summed E-state index contributed by atoms with van der Waals surface area (Å²) in [5, 5.41) is 17.4. The molecule has 13 nitrogen and oxygen atoms in total. The molecule has 4 N–H and O–H groups in total. The van der Waals surface area contributed by atoms with Crippen molar-refractivity contribution in [1.29, 1.82) is 0 Å². The van der Waals surface area contributed by atoms with Gasteiger partial charge in [0.1, 0.15) is 18.6 Å². The number of carboxylic acid groups (broad SMARTS) is 1. The van der Waals surface area contributed by atoms with Crippen molar-refractivity contribution in [2.24, 2.45) is 17.8 Å². The molecule has 2 aliphatic rings. The molecule has 2 aliphatic heterocycles. The molecule has 55 heavy (non-hydrogen) atoms. The standard InChI is InChI=1S/C16H32N2O3.C10H19NO2.C10H13NO2.C5H8FNO/c1-8-12(4)15(13(21-7)9-10-19)18(6)16(20)14(17-5)11(2)3;1-8(7-12)10(13-3)9-5-4-6-11(9)2;1-11-9(10(12)13)7-8-5-3-2-4-6-8;6-5(4-8)1-2-7-3-5/h10-15,17H,8-9H2,1-7H3;7-10H,4-6H2,1-3H3;2-6,9,11H,7H2,1H3,(H,12,13);4,7H,1-3H2. The highest BCUT2D eigenvalue weighted by atomic mass is 19.1. The number of halogens is 1. The van der Waals surface area contributed by atoms with E-state index in [-0.39, 0.29) is 54.5 Å². The summed E-state index contributed by atoms with van der Waals surface area (Å²) in [6, 6.07) is 9.17. The van der Waals surface area contributed by atoms with Crippen LogP contribution in [0.5, 0.6) is 0 Å². The average Bonchev–Trinajstić information content (AvgIpc) is 3.82. The van der Waals surface area contributed by atoms with Crippen molar-refractivity contribution in [3.63, 3.8) is 0 Å². The molecule has 14 heteroatoms. The van der Waals surface area contributed by atoms with Crippen LogP contribution in [0.3, 0.4) is 0 Å². The van der Waals surface area contributed by atoms with E-state index >= 15 is 0 Å². The number of carbonyl (C=O) groups is 5. The Bertz CT molecular complexity index is 1220. The molecule has 316 valence electrons. The van der Waals surface area contributed by atoms with Gasteiger partial charge in [0.25, 0.3) is 0 Å². The molecule has 2 fully saturated rings. The largest absolute Gasteiger partial charge is 0.480 e. The van der Waals surface area contributed by atoms with Crippen LogP contribution in [0.4, 0.5) is 4.39 Å². The first kappa shape index (κ1) is 51.9. The van der Waals surface area contributed by atoms with Crippen LogP contribution in [0.15, 0.2) is 30.3 Å². The van der Waals surface area contributed by atoms with Crippen LogP contribution in [0, 0.1) is 17.8 Å². The molecule has 0 aliphatic carbocycles. The Morgan fingerprint density at radius 2 is 1.73 bits per heavy atom. The monoisotopic (exact) mass is 782 g/mol. The van der Waals surface area contributed by atoms with Crippen molar-refractivity contribution in [3.05, 3.63) is 35.9 Å². The van der Waals surface area contributed by atoms with E-state index in [1.807, 2.05) is 58.2 Å². The molecule has 0 saturated carbocycles. The molecule has 3 rings (SSSR count). The Hall–Kier alpha value is -3.14. The van der Waals surface area contributed by atoms with E-state index in [0.717, 1.165) is 37.5 Å². The number of rotatable bonds is 19. The highest BCUT2D eigenvalue weighted by Gasteiger charge is 2.36. The maximum atomic E-state index is 12.7. The highest BCUT2D eigenvalue weighted by Crippen LogP contribution is 2.24. The van der Waals surface area contributed by atoms with Gasteiger partial charge >= 0.3 is 5.97 Å². The second-order valence-corrected chi connectivity index (χ2v) is 14.8. The second-order valence-electron chi connectivity index (χ2n) is 14.8. The third-order valence-corrected chi connectivity index (χ3v) is 10.5.